The Labute approximate surface area is 88.3 Å². The number of benzene rings is 1. The summed E-state index contributed by atoms with van der Waals surface area (Å²) in [5.74, 6) is -0.0741. The van der Waals surface area contributed by atoms with Crippen molar-refractivity contribution in [2.24, 2.45) is 5.73 Å². The molecule has 82 valence electrons. The third-order valence-electron chi connectivity index (χ3n) is 1.84. The Morgan fingerprint density at radius 3 is 2.87 bits per heavy atom. The van der Waals surface area contributed by atoms with Crippen molar-refractivity contribution in [1.82, 2.24) is 0 Å². The molecule has 5 heteroatoms. The molecule has 1 rings (SSSR count). The first-order chi connectivity index (χ1) is 7.15. The minimum absolute atomic E-state index is 0.0741. The monoisotopic (exact) mass is 209 g/mol. The molecule has 0 fully saturated rings. The van der Waals surface area contributed by atoms with Gasteiger partial charge in [-0.05, 0) is 25.1 Å². The van der Waals surface area contributed by atoms with Crippen LogP contribution >= 0.6 is 0 Å². The van der Waals surface area contributed by atoms with Crippen molar-refractivity contribution >= 4 is 17.2 Å². The van der Waals surface area contributed by atoms with Gasteiger partial charge in [-0.3, -0.25) is 15.1 Å². The predicted octanol–water partition coefficient (Wildman–Crippen LogP) is 0.774. The van der Waals surface area contributed by atoms with E-state index in [1.807, 2.05) is 0 Å². The SMILES string of the molecule is CC(=O)c1cc(NOCCN)ccc1N. The fraction of sp³-hybridized carbons (Fsp3) is 0.300. The van der Waals surface area contributed by atoms with Crippen LogP contribution in [0.5, 0.6) is 0 Å². The van der Waals surface area contributed by atoms with E-state index in [1.165, 1.54) is 6.92 Å². The number of Topliss-reactive ketones (excluding diaryl/α,β-unsaturated/α-hetero) is 1. The molecule has 0 saturated heterocycles. The highest BCUT2D eigenvalue weighted by Crippen LogP contribution is 2.18. The second-order valence-electron chi connectivity index (χ2n) is 3.10. The summed E-state index contributed by atoms with van der Waals surface area (Å²) < 4.78 is 0. The first-order valence-electron chi connectivity index (χ1n) is 4.63. The van der Waals surface area contributed by atoms with Crippen LogP contribution in [0.3, 0.4) is 0 Å². The summed E-state index contributed by atoms with van der Waals surface area (Å²) >= 11 is 0. The van der Waals surface area contributed by atoms with Gasteiger partial charge in [0.1, 0.15) is 0 Å². The van der Waals surface area contributed by atoms with Crippen molar-refractivity contribution < 1.29 is 9.63 Å². The van der Waals surface area contributed by atoms with Gasteiger partial charge in [0.25, 0.3) is 0 Å². The van der Waals surface area contributed by atoms with Crippen LogP contribution in [0.15, 0.2) is 18.2 Å². The molecule has 0 radical (unpaired) electrons. The highest BCUT2D eigenvalue weighted by Gasteiger charge is 2.05. The zero-order valence-electron chi connectivity index (χ0n) is 8.62. The number of ketones is 1. The van der Waals surface area contributed by atoms with Crippen LogP contribution < -0.4 is 16.9 Å². The molecule has 0 unspecified atom stereocenters. The van der Waals surface area contributed by atoms with E-state index in [-0.39, 0.29) is 5.78 Å². The molecule has 5 nitrogen and oxygen atoms in total. The summed E-state index contributed by atoms with van der Waals surface area (Å²) in [4.78, 5) is 16.2. The van der Waals surface area contributed by atoms with Crippen molar-refractivity contribution in [2.45, 2.75) is 6.92 Å². The average molecular weight is 209 g/mol. The van der Waals surface area contributed by atoms with E-state index in [1.54, 1.807) is 18.2 Å². The molecule has 1 aromatic carbocycles. The van der Waals surface area contributed by atoms with Gasteiger partial charge in [-0.1, -0.05) is 0 Å². The highest BCUT2D eigenvalue weighted by atomic mass is 16.6. The number of hydrogen-bond acceptors (Lipinski definition) is 5. The second kappa shape index (κ2) is 5.33. The first kappa shape index (κ1) is 11.5. The highest BCUT2D eigenvalue weighted by molar-refractivity contribution is 5.99. The smallest absolute Gasteiger partial charge is 0.161 e. The lowest BCUT2D eigenvalue weighted by atomic mass is 10.1. The van der Waals surface area contributed by atoms with Gasteiger partial charge in [0.15, 0.2) is 5.78 Å². The van der Waals surface area contributed by atoms with Gasteiger partial charge in [-0.25, -0.2) is 0 Å². The maximum Gasteiger partial charge on any atom is 0.161 e. The molecule has 0 aliphatic heterocycles. The molecule has 15 heavy (non-hydrogen) atoms. The molecular formula is C10H15N3O2. The molecule has 0 atom stereocenters. The van der Waals surface area contributed by atoms with E-state index in [0.717, 1.165) is 0 Å². The lowest BCUT2D eigenvalue weighted by Crippen LogP contribution is -2.12. The molecule has 0 aliphatic carbocycles. The molecule has 0 aromatic heterocycles. The van der Waals surface area contributed by atoms with Crippen LogP contribution in [0.1, 0.15) is 17.3 Å². The number of carbonyl (C=O) groups is 1. The van der Waals surface area contributed by atoms with Crippen molar-refractivity contribution in [1.29, 1.82) is 0 Å². The average Bonchev–Trinajstić information content (AvgIpc) is 2.20. The van der Waals surface area contributed by atoms with Gasteiger partial charge >= 0.3 is 0 Å². The lowest BCUT2D eigenvalue weighted by molar-refractivity contribution is 0.101. The normalized spacial score (nSPS) is 10.0. The van der Waals surface area contributed by atoms with E-state index in [4.69, 9.17) is 16.3 Å². The van der Waals surface area contributed by atoms with Gasteiger partial charge in [-0.2, -0.15) is 0 Å². The third-order valence-corrected chi connectivity index (χ3v) is 1.84. The molecular weight excluding hydrogens is 194 g/mol. The maximum atomic E-state index is 11.2. The topological polar surface area (TPSA) is 90.4 Å². The van der Waals surface area contributed by atoms with E-state index in [9.17, 15) is 4.79 Å². The van der Waals surface area contributed by atoms with Crippen molar-refractivity contribution in [3.8, 4) is 0 Å². The number of carbonyl (C=O) groups excluding carboxylic acids is 1. The van der Waals surface area contributed by atoms with Crippen molar-refractivity contribution in [3.05, 3.63) is 23.8 Å². The Balaban J connectivity index is 2.74. The number of nitrogens with two attached hydrogens (primary N) is 2. The Morgan fingerprint density at radius 2 is 2.27 bits per heavy atom. The Bertz CT molecular complexity index is 353. The van der Waals surface area contributed by atoms with Crippen LogP contribution in [0.4, 0.5) is 11.4 Å². The minimum Gasteiger partial charge on any atom is -0.398 e. The van der Waals surface area contributed by atoms with E-state index in [2.05, 4.69) is 5.48 Å². The second-order valence-corrected chi connectivity index (χ2v) is 3.10. The lowest BCUT2D eigenvalue weighted by Gasteiger charge is -2.08. The number of hydrogen-bond donors (Lipinski definition) is 3. The molecule has 1 aromatic rings. The van der Waals surface area contributed by atoms with Crippen molar-refractivity contribution in [3.63, 3.8) is 0 Å². The maximum absolute atomic E-state index is 11.2. The zero-order valence-corrected chi connectivity index (χ0v) is 8.62. The largest absolute Gasteiger partial charge is 0.398 e. The molecule has 0 spiro atoms. The van der Waals surface area contributed by atoms with Gasteiger partial charge < -0.3 is 11.5 Å². The van der Waals surface area contributed by atoms with Crippen LogP contribution in [0, 0.1) is 0 Å². The summed E-state index contributed by atoms with van der Waals surface area (Å²) in [7, 11) is 0. The first-order valence-corrected chi connectivity index (χ1v) is 4.63. The molecule has 0 aliphatic rings. The third kappa shape index (κ3) is 3.23. The summed E-state index contributed by atoms with van der Waals surface area (Å²) in [6.45, 7) is 2.30. The van der Waals surface area contributed by atoms with E-state index in [0.29, 0.717) is 30.1 Å². The number of rotatable bonds is 5. The van der Waals surface area contributed by atoms with Crippen LogP contribution in [0.25, 0.3) is 0 Å². The van der Waals surface area contributed by atoms with Crippen LogP contribution in [0.2, 0.25) is 0 Å². The van der Waals surface area contributed by atoms with Gasteiger partial charge in [0.2, 0.25) is 0 Å². The van der Waals surface area contributed by atoms with Gasteiger partial charge in [-0.15, -0.1) is 0 Å². The molecule has 0 saturated carbocycles. The Morgan fingerprint density at radius 1 is 1.53 bits per heavy atom. The van der Waals surface area contributed by atoms with Crippen molar-refractivity contribution in [2.75, 3.05) is 24.4 Å². The van der Waals surface area contributed by atoms with E-state index < -0.39 is 0 Å². The quantitative estimate of drug-likeness (QED) is 0.288. The fourth-order valence-electron chi connectivity index (χ4n) is 1.12. The van der Waals surface area contributed by atoms with Crippen LogP contribution in [-0.4, -0.2) is 18.9 Å². The summed E-state index contributed by atoms with van der Waals surface area (Å²) in [6, 6.07) is 5.04. The fourth-order valence-corrected chi connectivity index (χ4v) is 1.12. The summed E-state index contributed by atoms with van der Waals surface area (Å²) in [5.41, 5.74) is 15.2. The van der Waals surface area contributed by atoms with Gasteiger partial charge in [0.05, 0.1) is 12.3 Å². The van der Waals surface area contributed by atoms with Gasteiger partial charge in [0, 0.05) is 17.8 Å². The molecule has 0 bridgehead atoms. The molecule has 0 amide bonds. The molecule has 0 heterocycles. The zero-order chi connectivity index (χ0) is 11.3. The number of anilines is 2. The standard InChI is InChI=1S/C10H15N3O2/c1-7(14)9-6-8(2-3-10(9)12)13-15-5-4-11/h2-3,6,13H,4-5,11-12H2,1H3. The summed E-state index contributed by atoms with van der Waals surface area (Å²) in [6.07, 6.45) is 0. The Kier molecular flexibility index (Phi) is 4.08. The minimum atomic E-state index is -0.0741. The number of nitrogens with one attached hydrogen (secondary N) is 1. The van der Waals surface area contributed by atoms with Crippen LogP contribution in [-0.2, 0) is 4.84 Å². The number of nitrogen functional groups attached to an aromatic ring is 1. The van der Waals surface area contributed by atoms with E-state index >= 15 is 0 Å². The Hall–Kier alpha value is -1.59. The summed E-state index contributed by atoms with van der Waals surface area (Å²) in [5, 5.41) is 0. The predicted molar refractivity (Wildman–Crippen MR) is 59.5 cm³/mol. The molecule has 5 N–H and O–H groups in total.